The number of nitrogens with one attached hydrogen (secondary N) is 1. The summed E-state index contributed by atoms with van der Waals surface area (Å²) in [6.45, 7) is 7.57. The van der Waals surface area contributed by atoms with Crippen LogP contribution in [0.15, 0.2) is 57.8 Å². The molecule has 174 valence electrons. The van der Waals surface area contributed by atoms with Crippen molar-refractivity contribution in [2.75, 3.05) is 31.5 Å². The molecule has 7 nitrogen and oxygen atoms in total. The Morgan fingerprint density at radius 1 is 1.06 bits per heavy atom. The van der Waals surface area contributed by atoms with Gasteiger partial charge in [0.15, 0.2) is 0 Å². The van der Waals surface area contributed by atoms with Crippen molar-refractivity contribution < 1.29 is 4.79 Å². The summed E-state index contributed by atoms with van der Waals surface area (Å²) in [7, 11) is 0. The van der Waals surface area contributed by atoms with Crippen molar-refractivity contribution >= 4 is 38.6 Å². The Kier molecular flexibility index (Phi) is 7.45. The van der Waals surface area contributed by atoms with Gasteiger partial charge in [0.2, 0.25) is 0 Å². The molecule has 1 unspecified atom stereocenters. The molecule has 0 spiro atoms. The van der Waals surface area contributed by atoms with Crippen LogP contribution in [0.3, 0.4) is 0 Å². The molecule has 1 fully saturated rings. The third-order valence-corrected chi connectivity index (χ3v) is 6.87. The van der Waals surface area contributed by atoms with Crippen LogP contribution in [0.5, 0.6) is 0 Å². The molecular weight excluding hydrogens is 482 g/mol. The first-order valence-corrected chi connectivity index (χ1v) is 12.4. The molecule has 2 heterocycles. The zero-order valence-corrected chi connectivity index (χ0v) is 20.7. The van der Waals surface area contributed by atoms with Crippen LogP contribution in [0.4, 0.5) is 10.5 Å². The Bertz CT molecular complexity index is 1190. The lowest BCUT2D eigenvalue weighted by molar-refractivity contribution is 0.105. The number of benzene rings is 2. The second kappa shape index (κ2) is 10.5. The van der Waals surface area contributed by atoms with Crippen LogP contribution in [-0.2, 0) is 6.54 Å². The summed E-state index contributed by atoms with van der Waals surface area (Å²) >= 11 is 3.48. The first-order valence-electron chi connectivity index (χ1n) is 11.6. The predicted molar refractivity (Wildman–Crippen MR) is 136 cm³/mol. The molecule has 8 heteroatoms. The molecule has 1 saturated heterocycles. The summed E-state index contributed by atoms with van der Waals surface area (Å²) < 4.78 is 2.71. The molecule has 2 aromatic carbocycles. The molecule has 3 aromatic rings. The zero-order chi connectivity index (χ0) is 23.4. The molecule has 1 aliphatic heterocycles. The SMILES string of the molecule is CCCn1c(C(CC)N2CCN(C(=O)Nc3ccccc3Br)CC2)nc2ccccc2c1=O. The molecule has 0 aliphatic carbocycles. The molecule has 1 N–H and O–H groups in total. The number of halogens is 1. The van der Waals surface area contributed by atoms with E-state index in [0.717, 1.165) is 47.4 Å². The lowest BCUT2D eigenvalue weighted by Crippen LogP contribution is -2.51. The number of rotatable bonds is 6. The molecule has 1 atom stereocenters. The first-order chi connectivity index (χ1) is 16.0. The number of hydrogen-bond acceptors (Lipinski definition) is 4. The maximum atomic E-state index is 13.2. The van der Waals surface area contributed by atoms with Crippen molar-refractivity contribution in [3.8, 4) is 0 Å². The van der Waals surface area contributed by atoms with Crippen molar-refractivity contribution in [1.29, 1.82) is 0 Å². The normalized spacial score (nSPS) is 15.5. The smallest absolute Gasteiger partial charge is 0.321 e. The topological polar surface area (TPSA) is 70.5 Å². The highest BCUT2D eigenvalue weighted by Crippen LogP contribution is 2.26. The van der Waals surface area contributed by atoms with Gasteiger partial charge in [0.25, 0.3) is 5.56 Å². The van der Waals surface area contributed by atoms with Crippen LogP contribution in [-0.4, -0.2) is 51.6 Å². The van der Waals surface area contributed by atoms with E-state index >= 15 is 0 Å². The first kappa shape index (κ1) is 23.4. The van der Waals surface area contributed by atoms with Gasteiger partial charge in [-0.3, -0.25) is 14.3 Å². The lowest BCUT2D eigenvalue weighted by Gasteiger charge is -2.39. The van der Waals surface area contributed by atoms with E-state index in [0.29, 0.717) is 25.0 Å². The fraction of sp³-hybridized carbons (Fsp3) is 0.400. The summed E-state index contributed by atoms with van der Waals surface area (Å²) in [5.41, 5.74) is 1.54. The highest BCUT2D eigenvalue weighted by atomic mass is 79.9. The molecule has 4 rings (SSSR count). The van der Waals surface area contributed by atoms with Gasteiger partial charge in [-0.25, -0.2) is 9.78 Å². The third kappa shape index (κ3) is 4.96. The molecule has 1 aliphatic rings. The van der Waals surface area contributed by atoms with Gasteiger partial charge in [-0.2, -0.15) is 0 Å². The van der Waals surface area contributed by atoms with Gasteiger partial charge in [-0.15, -0.1) is 0 Å². The number of fused-ring (bicyclic) bond motifs is 1. The van der Waals surface area contributed by atoms with Gasteiger partial charge >= 0.3 is 6.03 Å². The average molecular weight is 512 g/mol. The number of hydrogen-bond donors (Lipinski definition) is 1. The fourth-order valence-electron chi connectivity index (χ4n) is 4.48. The molecular formula is C25H30BrN5O2. The summed E-state index contributed by atoms with van der Waals surface area (Å²) in [5.74, 6) is 0.828. The molecule has 0 saturated carbocycles. The van der Waals surface area contributed by atoms with E-state index in [2.05, 4.69) is 40.0 Å². The van der Waals surface area contributed by atoms with Crippen LogP contribution < -0.4 is 10.9 Å². The van der Waals surface area contributed by atoms with E-state index in [1.807, 2.05) is 58.0 Å². The number of carbonyl (C=O) groups is 1. The summed E-state index contributed by atoms with van der Waals surface area (Å²) in [5, 5.41) is 3.65. The van der Waals surface area contributed by atoms with Crippen molar-refractivity contribution in [2.45, 2.75) is 39.3 Å². The molecule has 33 heavy (non-hydrogen) atoms. The van der Waals surface area contributed by atoms with Crippen molar-refractivity contribution in [3.63, 3.8) is 0 Å². The summed E-state index contributed by atoms with van der Waals surface area (Å²) in [6.07, 6.45) is 1.71. The van der Waals surface area contributed by atoms with Crippen LogP contribution >= 0.6 is 15.9 Å². The quantitative estimate of drug-likeness (QED) is 0.512. The highest BCUT2D eigenvalue weighted by molar-refractivity contribution is 9.10. The Morgan fingerprint density at radius 2 is 1.76 bits per heavy atom. The van der Waals surface area contributed by atoms with Gasteiger partial charge in [0.05, 0.1) is 22.6 Å². The molecule has 1 aromatic heterocycles. The van der Waals surface area contributed by atoms with Crippen LogP contribution in [0.1, 0.15) is 38.6 Å². The Labute approximate surface area is 202 Å². The number of amides is 2. The second-order valence-electron chi connectivity index (χ2n) is 8.30. The number of carbonyl (C=O) groups excluding carboxylic acids is 1. The van der Waals surface area contributed by atoms with Crippen LogP contribution in [0.25, 0.3) is 10.9 Å². The Balaban J connectivity index is 1.52. The van der Waals surface area contributed by atoms with E-state index in [1.54, 1.807) is 0 Å². The van der Waals surface area contributed by atoms with Gasteiger partial charge in [-0.1, -0.05) is 38.1 Å². The summed E-state index contributed by atoms with van der Waals surface area (Å²) in [4.78, 5) is 35.1. The predicted octanol–water partition coefficient (Wildman–Crippen LogP) is 4.87. The number of piperazine rings is 1. The zero-order valence-electron chi connectivity index (χ0n) is 19.1. The minimum absolute atomic E-state index is 0.0299. The van der Waals surface area contributed by atoms with Crippen molar-refractivity contribution in [2.24, 2.45) is 0 Å². The van der Waals surface area contributed by atoms with E-state index in [1.165, 1.54) is 0 Å². The number of aromatic nitrogens is 2. The number of nitrogens with zero attached hydrogens (tertiary/aromatic N) is 4. The standard InChI is InChI=1S/C25H30BrN5O2/c1-3-13-31-23(27-20-11-7-5-9-18(20)24(31)32)22(4-2)29-14-16-30(17-15-29)25(33)28-21-12-8-6-10-19(21)26/h5-12,22H,3-4,13-17H2,1-2H3,(H,28,33). The van der Waals surface area contributed by atoms with Gasteiger partial charge in [0.1, 0.15) is 5.82 Å². The Hall–Kier alpha value is -2.71. The lowest BCUT2D eigenvalue weighted by atomic mass is 10.1. The van der Waals surface area contributed by atoms with Crippen molar-refractivity contribution in [3.05, 3.63) is 69.2 Å². The van der Waals surface area contributed by atoms with E-state index in [-0.39, 0.29) is 17.6 Å². The molecule has 2 amide bonds. The maximum Gasteiger partial charge on any atom is 0.321 e. The Morgan fingerprint density at radius 3 is 2.45 bits per heavy atom. The average Bonchev–Trinajstić information content (AvgIpc) is 2.84. The number of urea groups is 1. The number of anilines is 1. The van der Waals surface area contributed by atoms with E-state index in [4.69, 9.17) is 4.98 Å². The maximum absolute atomic E-state index is 13.2. The third-order valence-electron chi connectivity index (χ3n) is 6.18. The van der Waals surface area contributed by atoms with Gasteiger partial charge in [-0.05, 0) is 53.0 Å². The van der Waals surface area contributed by atoms with Crippen molar-refractivity contribution in [1.82, 2.24) is 19.4 Å². The largest absolute Gasteiger partial charge is 0.322 e. The van der Waals surface area contributed by atoms with E-state index in [9.17, 15) is 9.59 Å². The monoisotopic (exact) mass is 511 g/mol. The van der Waals surface area contributed by atoms with Crippen LogP contribution in [0.2, 0.25) is 0 Å². The van der Waals surface area contributed by atoms with Crippen LogP contribution in [0, 0.1) is 0 Å². The minimum Gasteiger partial charge on any atom is -0.322 e. The summed E-state index contributed by atoms with van der Waals surface area (Å²) in [6, 6.07) is 15.1. The highest BCUT2D eigenvalue weighted by Gasteiger charge is 2.29. The second-order valence-corrected chi connectivity index (χ2v) is 9.16. The molecule has 0 bridgehead atoms. The van der Waals surface area contributed by atoms with Gasteiger partial charge in [0, 0.05) is 37.2 Å². The van der Waals surface area contributed by atoms with E-state index < -0.39 is 0 Å². The fourth-order valence-corrected chi connectivity index (χ4v) is 4.86. The molecule has 0 radical (unpaired) electrons. The number of para-hydroxylation sites is 2. The minimum atomic E-state index is -0.0960. The van der Waals surface area contributed by atoms with Gasteiger partial charge < -0.3 is 10.2 Å².